The van der Waals surface area contributed by atoms with Gasteiger partial charge in [0.25, 0.3) is 0 Å². The number of nitrogens with one attached hydrogen (secondary N) is 1. The maximum absolute atomic E-state index is 13.0. The van der Waals surface area contributed by atoms with Crippen LogP contribution in [0.15, 0.2) is 0 Å². The highest BCUT2D eigenvalue weighted by Gasteiger charge is 2.65. The molecule has 4 fully saturated rings. The Kier molecular flexibility index (Phi) is 16.9. The quantitative estimate of drug-likeness (QED) is 0.0794. The number of aliphatic hydroxyl groups excluding tert-OH is 2. The Balaban J connectivity index is 1.10. The van der Waals surface area contributed by atoms with Crippen molar-refractivity contribution in [2.45, 2.75) is 219 Å². The van der Waals surface area contributed by atoms with E-state index in [4.69, 9.17) is 0 Å². The van der Waals surface area contributed by atoms with E-state index >= 15 is 0 Å². The van der Waals surface area contributed by atoms with E-state index in [-0.39, 0.29) is 53.1 Å². The van der Waals surface area contributed by atoms with E-state index in [0.29, 0.717) is 30.6 Å². The molecule has 11 atom stereocenters. The number of carbonyl (C=O) groups is 2. The minimum absolute atomic E-state index is 0.0774. The third kappa shape index (κ3) is 10.7. The molecule has 0 radical (unpaired) electrons. The van der Waals surface area contributed by atoms with Gasteiger partial charge < -0.3 is 20.6 Å². The van der Waals surface area contributed by atoms with E-state index in [1.54, 1.807) is 0 Å². The van der Waals surface area contributed by atoms with Gasteiger partial charge in [-0.1, -0.05) is 130 Å². The molecule has 6 nitrogen and oxygen atoms in total. The average molecular weight is 702 g/mol. The highest BCUT2D eigenvalue weighted by atomic mass is 16.4. The molecular weight excluding hydrogens is 622 g/mol. The van der Waals surface area contributed by atoms with E-state index in [0.717, 1.165) is 57.8 Å². The molecule has 0 aromatic heterocycles. The van der Waals surface area contributed by atoms with Gasteiger partial charge in [-0.05, 0) is 104 Å². The van der Waals surface area contributed by atoms with Crippen LogP contribution in [0.4, 0.5) is 0 Å². The van der Waals surface area contributed by atoms with Crippen LogP contribution < -0.4 is 5.32 Å². The van der Waals surface area contributed by atoms with Crippen LogP contribution in [0, 0.1) is 46.3 Å². The fourth-order valence-corrected chi connectivity index (χ4v) is 12.1. The smallest absolute Gasteiger partial charge is 0.303 e. The summed E-state index contributed by atoms with van der Waals surface area (Å²) in [5, 5.41) is 36.2. The van der Waals surface area contributed by atoms with Crippen LogP contribution in [0.3, 0.4) is 0 Å². The van der Waals surface area contributed by atoms with Crippen molar-refractivity contribution >= 4 is 11.9 Å². The minimum Gasteiger partial charge on any atom is -0.481 e. The van der Waals surface area contributed by atoms with Crippen molar-refractivity contribution in [2.75, 3.05) is 0 Å². The van der Waals surface area contributed by atoms with E-state index < -0.39 is 12.1 Å². The summed E-state index contributed by atoms with van der Waals surface area (Å²) in [6.07, 6.45) is 30.1. The van der Waals surface area contributed by atoms with E-state index in [1.165, 1.54) is 96.3 Å². The van der Waals surface area contributed by atoms with Gasteiger partial charge in [-0.2, -0.15) is 0 Å². The molecule has 9 unspecified atom stereocenters. The number of fused-ring (bicyclic) bond motifs is 5. The third-order valence-electron chi connectivity index (χ3n) is 15.2. The summed E-state index contributed by atoms with van der Waals surface area (Å²) in [7, 11) is 0. The average Bonchev–Trinajstić information content (AvgIpc) is 3.44. The lowest BCUT2D eigenvalue weighted by atomic mass is 9.43. The molecule has 0 aromatic carbocycles. The van der Waals surface area contributed by atoms with Crippen LogP contribution in [0.2, 0.25) is 0 Å². The lowest BCUT2D eigenvalue weighted by Crippen LogP contribution is -2.63. The number of unbranched alkanes of at least 4 members (excludes halogenated alkanes) is 16. The number of aliphatic carboxylic acids is 1. The zero-order valence-corrected chi connectivity index (χ0v) is 32.9. The first kappa shape index (κ1) is 41.6. The zero-order valence-electron chi connectivity index (χ0n) is 32.9. The molecular formula is C44H79NO5. The Morgan fingerprint density at radius 3 is 1.84 bits per heavy atom. The number of rotatable bonds is 23. The highest BCUT2D eigenvalue weighted by Crippen LogP contribution is 2.68. The molecule has 50 heavy (non-hydrogen) atoms. The van der Waals surface area contributed by atoms with Gasteiger partial charge in [-0.3, -0.25) is 9.59 Å². The first-order chi connectivity index (χ1) is 24.0. The summed E-state index contributed by atoms with van der Waals surface area (Å²) in [6, 6.07) is 0.194. The van der Waals surface area contributed by atoms with E-state index in [9.17, 15) is 24.9 Å². The third-order valence-corrected chi connectivity index (χ3v) is 15.2. The second kappa shape index (κ2) is 20.4. The minimum atomic E-state index is -0.746. The Morgan fingerprint density at radius 1 is 0.720 bits per heavy atom. The van der Waals surface area contributed by atoms with E-state index in [1.807, 2.05) is 0 Å². The predicted octanol–water partition coefficient (Wildman–Crippen LogP) is 10.6. The molecule has 0 heterocycles. The van der Waals surface area contributed by atoms with Crippen LogP contribution in [0.25, 0.3) is 0 Å². The van der Waals surface area contributed by atoms with Crippen LogP contribution in [0.5, 0.6) is 0 Å². The van der Waals surface area contributed by atoms with Crippen LogP contribution in [-0.2, 0) is 9.59 Å². The number of carboxylic acid groups (broad SMARTS) is 1. The summed E-state index contributed by atoms with van der Waals surface area (Å²) in [5.74, 6) is 1.14. The largest absolute Gasteiger partial charge is 0.481 e. The van der Waals surface area contributed by atoms with Crippen molar-refractivity contribution in [3.05, 3.63) is 0 Å². The fraction of sp³-hybridized carbons (Fsp3) is 0.955. The molecule has 0 bridgehead atoms. The SMILES string of the molecule is CCCCCCCCCCCCCCCCCCCC(=O)NC1CCC2(C)C(C1)CC(O)C1C2C[C@H](O)C2(C)C1CCC2[C@H](C)CCC(=O)O. The summed E-state index contributed by atoms with van der Waals surface area (Å²) in [6.45, 7) is 9.13. The van der Waals surface area contributed by atoms with Crippen molar-refractivity contribution in [3.63, 3.8) is 0 Å². The van der Waals surface area contributed by atoms with Crippen molar-refractivity contribution < 1.29 is 24.9 Å². The Bertz CT molecular complexity index is 1020. The van der Waals surface area contributed by atoms with Crippen molar-refractivity contribution in [2.24, 2.45) is 46.3 Å². The lowest BCUT2D eigenvalue weighted by molar-refractivity contribution is -0.202. The Labute approximate surface area is 307 Å². The van der Waals surface area contributed by atoms with Gasteiger partial charge in [0, 0.05) is 18.9 Å². The molecule has 0 saturated heterocycles. The second-order valence-electron chi connectivity index (χ2n) is 18.5. The van der Waals surface area contributed by atoms with Crippen molar-refractivity contribution in [1.82, 2.24) is 5.32 Å². The molecule has 4 aliphatic rings. The molecule has 1 amide bonds. The molecule has 0 aromatic rings. The summed E-state index contributed by atoms with van der Waals surface area (Å²) in [4.78, 5) is 24.2. The second-order valence-corrected chi connectivity index (χ2v) is 18.5. The number of carbonyl (C=O) groups excluding carboxylic acids is 1. The zero-order chi connectivity index (χ0) is 36.1. The van der Waals surface area contributed by atoms with Gasteiger partial charge in [0.15, 0.2) is 0 Å². The van der Waals surface area contributed by atoms with Gasteiger partial charge in [0.1, 0.15) is 0 Å². The Morgan fingerprint density at radius 2 is 1.28 bits per heavy atom. The van der Waals surface area contributed by atoms with Crippen molar-refractivity contribution in [3.8, 4) is 0 Å². The highest BCUT2D eigenvalue weighted by molar-refractivity contribution is 5.76. The van der Waals surface area contributed by atoms with E-state index in [2.05, 4.69) is 33.0 Å². The molecule has 4 saturated carbocycles. The number of carboxylic acids is 1. The van der Waals surface area contributed by atoms with Crippen LogP contribution >= 0.6 is 0 Å². The van der Waals surface area contributed by atoms with Crippen molar-refractivity contribution in [1.29, 1.82) is 0 Å². The topological polar surface area (TPSA) is 107 Å². The molecule has 6 heteroatoms. The Hall–Kier alpha value is -1.14. The summed E-state index contributed by atoms with van der Waals surface area (Å²) < 4.78 is 0. The predicted molar refractivity (Wildman–Crippen MR) is 205 cm³/mol. The first-order valence-corrected chi connectivity index (χ1v) is 21.9. The van der Waals surface area contributed by atoms with Gasteiger partial charge in [-0.25, -0.2) is 0 Å². The van der Waals surface area contributed by atoms with Gasteiger partial charge >= 0.3 is 5.97 Å². The molecule has 4 rings (SSSR count). The molecule has 4 aliphatic carbocycles. The molecule has 4 N–H and O–H groups in total. The number of aliphatic hydroxyl groups is 2. The lowest BCUT2D eigenvalue weighted by Gasteiger charge is -2.63. The van der Waals surface area contributed by atoms with Crippen LogP contribution in [-0.4, -0.2) is 45.4 Å². The molecule has 0 spiro atoms. The maximum Gasteiger partial charge on any atom is 0.303 e. The standard InChI is InChI=1S/C44H79NO5/c1-5-6-7-8-9-10-11-12-13-14-15-16-17-18-19-20-21-22-40(48)45-34-27-28-43(3)33(29-34)30-38(46)42-36-25-24-35(32(2)23-26-41(49)50)44(36,4)39(47)31-37(42)43/h32-39,42,46-47H,5-31H2,1-4H3,(H,45,48)(H,49,50)/t32-,33?,34?,35?,36?,37?,38?,39+,42?,43?,44?/m1/s1. The monoisotopic (exact) mass is 702 g/mol. The number of amides is 1. The first-order valence-electron chi connectivity index (χ1n) is 21.9. The summed E-state index contributed by atoms with van der Waals surface area (Å²) in [5.41, 5.74) is -0.186. The molecule has 0 aliphatic heterocycles. The summed E-state index contributed by atoms with van der Waals surface area (Å²) >= 11 is 0. The fourth-order valence-electron chi connectivity index (χ4n) is 12.1. The van der Waals surface area contributed by atoms with Gasteiger partial charge in [0.05, 0.1) is 12.2 Å². The van der Waals surface area contributed by atoms with Gasteiger partial charge in [0.2, 0.25) is 5.91 Å². The van der Waals surface area contributed by atoms with Crippen LogP contribution in [0.1, 0.15) is 201 Å². The molecule has 290 valence electrons. The van der Waals surface area contributed by atoms with Gasteiger partial charge in [-0.15, -0.1) is 0 Å². The number of hydrogen-bond acceptors (Lipinski definition) is 4. The maximum atomic E-state index is 13.0. The normalized spacial score (nSPS) is 35.6. The number of hydrogen-bond donors (Lipinski definition) is 4.